The van der Waals surface area contributed by atoms with Crippen LogP contribution in [0.15, 0.2) is 0 Å². The zero-order valence-corrected chi connectivity index (χ0v) is 8.82. The third kappa shape index (κ3) is 2.45. The molecular weight excluding hydrogens is 204 g/mol. The van der Waals surface area contributed by atoms with Crippen molar-refractivity contribution in [3.63, 3.8) is 0 Å². The van der Waals surface area contributed by atoms with Gasteiger partial charge < -0.3 is 4.74 Å². The molecule has 0 saturated heterocycles. The van der Waals surface area contributed by atoms with Gasteiger partial charge in [0, 0.05) is 17.9 Å². The molecule has 1 aliphatic rings. The van der Waals surface area contributed by atoms with E-state index in [0.29, 0.717) is 5.41 Å². The minimum atomic E-state index is 0.465. The van der Waals surface area contributed by atoms with E-state index in [4.69, 9.17) is 4.74 Å². The highest BCUT2D eigenvalue weighted by molar-refractivity contribution is 9.09. The molecule has 0 unspecified atom stereocenters. The largest absolute Gasteiger partial charge is 0.384 e. The monoisotopic (exact) mass is 220 g/mol. The molecule has 0 aromatic carbocycles. The fraction of sp³-hybridized carbons (Fsp3) is 1.00. The van der Waals surface area contributed by atoms with E-state index in [2.05, 4.69) is 15.9 Å². The van der Waals surface area contributed by atoms with Crippen LogP contribution in [0.25, 0.3) is 0 Å². The van der Waals surface area contributed by atoms with E-state index in [9.17, 15) is 0 Å². The molecule has 0 amide bonds. The number of alkyl halides is 1. The fourth-order valence-electron chi connectivity index (χ4n) is 1.92. The molecule has 1 rings (SSSR count). The van der Waals surface area contributed by atoms with Crippen LogP contribution in [-0.2, 0) is 4.74 Å². The Morgan fingerprint density at radius 2 is 1.91 bits per heavy atom. The molecule has 1 saturated carbocycles. The maximum Gasteiger partial charge on any atom is 0.0526 e. The molecule has 1 nitrogen and oxygen atoms in total. The smallest absolute Gasteiger partial charge is 0.0526 e. The van der Waals surface area contributed by atoms with Gasteiger partial charge in [-0.05, 0) is 12.8 Å². The van der Waals surface area contributed by atoms with Crippen LogP contribution in [0.5, 0.6) is 0 Å². The SMILES string of the molecule is COCC1(CBr)CCCCC1. The molecule has 0 radical (unpaired) electrons. The number of methoxy groups -OCH3 is 1. The summed E-state index contributed by atoms with van der Waals surface area (Å²) in [5, 5.41) is 1.10. The number of hydrogen-bond donors (Lipinski definition) is 0. The lowest BCUT2D eigenvalue weighted by Crippen LogP contribution is -2.30. The van der Waals surface area contributed by atoms with E-state index in [0.717, 1.165) is 11.9 Å². The van der Waals surface area contributed by atoms with E-state index < -0.39 is 0 Å². The second-order valence-corrected chi connectivity index (χ2v) is 4.19. The first kappa shape index (κ1) is 9.53. The van der Waals surface area contributed by atoms with Crippen LogP contribution >= 0.6 is 15.9 Å². The van der Waals surface area contributed by atoms with Crippen molar-refractivity contribution >= 4 is 15.9 Å². The maximum atomic E-state index is 5.25. The molecule has 0 spiro atoms. The first-order valence-electron chi connectivity index (χ1n) is 4.38. The van der Waals surface area contributed by atoms with Gasteiger partial charge in [-0.1, -0.05) is 35.2 Å². The Hall–Kier alpha value is 0.440. The van der Waals surface area contributed by atoms with Crippen molar-refractivity contribution < 1.29 is 4.74 Å². The third-order valence-corrected chi connectivity index (χ3v) is 3.84. The van der Waals surface area contributed by atoms with Crippen LogP contribution in [-0.4, -0.2) is 19.0 Å². The maximum absolute atomic E-state index is 5.25. The van der Waals surface area contributed by atoms with E-state index >= 15 is 0 Å². The standard InChI is InChI=1S/C9H17BrO/c1-11-8-9(7-10)5-3-2-4-6-9/h2-8H2,1H3. The number of rotatable bonds is 3. The average molecular weight is 221 g/mol. The average Bonchev–Trinajstić information content (AvgIpc) is 2.07. The van der Waals surface area contributed by atoms with Crippen molar-refractivity contribution in [1.82, 2.24) is 0 Å². The predicted molar refractivity (Wildman–Crippen MR) is 51.2 cm³/mol. The van der Waals surface area contributed by atoms with Crippen molar-refractivity contribution in [3.8, 4) is 0 Å². The highest BCUT2D eigenvalue weighted by atomic mass is 79.9. The highest BCUT2D eigenvalue weighted by Gasteiger charge is 2.30. The molecule has 0 aliphatic heterocycles. The van der Waals surface area contributed by atoms with Gasteiger partial charge in [0.2, 0.25) is 0 Å². The summed E-state index contributed by atoms with van der Waals surface area (Å²) in [6.45, 7) is 0.929. The third-order valence-electron chi connectivity index (χ3n) is 2.65. The normalized spacial score (nSPS) is 23.5. The lowest BCUT2D eigenvalue weighted by Gasteiger charge is -2.34. The summed E-state index contributed by atoms with van der Waals surface area (Å²) in [6, 6.07) is 0. The molecule has 0 aromatic rings. The van der Waals surface area contributed by atoms with Gasteiger partial charge in [-0.25, -0.2) is 0 Å². The molecule has 0 bridgehead atoms. The van der Waals surface area contributed by atoms with Gasteiger partial charge in [-0.15, -0.1) is 0 Å². The van der Waals surface area contributed by atoms with E-state index in [1.165, 1.54) is 32.1 Å². The van der Waals surface area contributed by atoms with E-state index in [-0.39, 0.29) is 0 Å². The minimum Gasteiger partial charge on any atom is -0.384 e. The van der Waals surface area contributed by atoms with Gasteiger partial charge in [-0.3, -0.25) is 0 Å². The van der Waals surface area contributed by atoms with Gasteiger partial charge in [0.25, 0.3) is 0 Å². The quantitative estimate of drug-likeness (QED) is 0.665. The molecule has 2 heteroatoms. The fourth-order valence-corrected chi connectivity index (χ4v) is 2.65. The number of ether oxygens (including phenoxy) is 1. The van der Waals surface area contributed by atoms with Crippen LogP contribution in [0.4, 0.5) is 0 Å². The van der Waals surface area contributed by atoms with Crippen molar-refractivity contribution in [2.45, 2.75) is 32.1 Å². The van der Waals surface area contributed by atoms with Crippen LogP contribution in [0.2, 0.25) is 0 Å². The lowest BCUT2D eigenvalue weighted by molar-refractivity contribution is 0.0674. The molecule has 66 valence electrons. The topological polar surface area (TPSA) is 9.23 Å². The first-order valence-corrected chi connectivity index (χ1v) is 5.50. The Labute approximate surface area is 77.6 Å². The Morgan fingerprint density at radius 1 is 1.27 bits per heavy atom. The molecule has 0 heterocycles. The number of halogens is 1. The highest BCUT2D eigenvalue weighted by Crippen LogP contribution is 2.37. The molecule has 0 N–H and O–H groups in total. The second kappa shape index (κ2) is 4.46. The van der Waals surface area contributed by atoms with Crippen LogP contribution in [0, 0.1) is 5.41 Å². The van der Waals surface area contributed by atoms with Crippen molar-refractivity contribution in [2.75, 3.05) is 19.0 Å². The summed E-state index contributed by atoms with van der Waals surface area (Å²) in [4.78, 5) is 0. The minimum absolute atomic E-state index is 0.465. The summed E-state index contributed by atoms with van der Waals surface area (Å²) in [5.74, 6) is 0. The second-order valence-electron chi connectivity index (χ2n) is 3.63. The van der Waals surface area contributed by atoms with E-state index in [1.807, 2.05) is 0 Å². The van der Waals surface area contributed by atoms with Crippen LogP contribution < -0.4 is 0 Å². The van der Waals surface area contributed by atoms with Crippen LogP contribution in [0.3, 0.4) is 0 Å². The Kier molecular flexibility index (Phi) is 3.86. The van der Waals surface area contributed by atoms with Gasteiger partial charge >= 0.3 is 0 Å². The predicted octanol–water partition coefficient (Wildman–Crippen LogP) is 2.98. The zero-order valence-electron chi connectivity index (χ0n) is 7.24. The molecule has 1 fully saturated rings. The van der Waals surface area contributed by atoms with Crippen molar-refractivity contribution in [3.05, 3.63) is 0 Å². The molecule has 11 heavy (non-hydrogen) atoms. The number of hydrogen-bond acceptors (Lipinski definition) is 1. The zero-order chi connectivity index (χ0) is 8.16. The van der Waals surface area contributed by atoms with Gasteiger partial charge in [-0.2, -0.15) is 0 Å². The summed E-state index contributed by atoms with van der Waals surface area (Å²) >= 11 is 3.59. The van der Waals surface area contributed by atoms with Gasteiger partial charge in [0.1, 0.15) is 0 Å². The summed E-state index contributed by atoms with van der Waals surface area (Å²) in [5.41, 5.74) is 0.465. The molecule has 0 atom stereocenters. The van der Waals surface area contributed by atoms with Gasteiger partial charge in [0.05, 0.1) is 6.61 Å². The Bertz CT molecular complexity index is 103. The van der Waals surface area contributed by atoms with Crippen molar-refractivity contribution in [1.29, 1.82) is 0 Å². The first-order chi connectivity index (χ1) is 5.33. The summed E-state index contributed by atoms with van der Waals surface area (Å²) in [6.07, 6.45) is 6.86. The van der Waals surface area contributed by atoms with Crippen molar-refractivity contribution in [2.24, 2.45) is 5.41 Å². The summed E-state index contributed by atoms with van der Waals surface area (Å²) < 4.78 is 5.25. The summed E-state index contributed by atoms with van der Waals surface area (Å²) in [7, 11) is 1.80. The molecule has 1 aliphatic carbocycles. The lowest BCUT2D eigenvalue weighted by atomic mass is 9.76. The molecular formula is C9H17BrO. The van der Waals surface area contributed by atoms with Gasteiger partial charge in [0.15, 0.2) is 0 Å². The molecule has 0 aromatic heterocycles. The Balaban J connectivity index is 2.42. The van der Waals surface area contributed by atoms with Crippen LogP contribution in [0.1, 0.15) is 32.1 Å². The Morgan fingerprint density at radius 3 is 2.36 bits per heavy atom. The van der Waals surface area contributed by atoms with E-state index in [1.54, 1.807) is 7.11 Å².